The lowest BCUT2D eigenvalue weighted by Crippen LogP contribution is -1.95. The highest BCUT2D eigenvalue weighted by Crippen LogP contribution is 2.22. The highest BCUT2D eigenvalue weighted by Gasteiger charge is 2.12. The molecule has 0 fully saturated rings. The van der Waals surface area contributed by atoms with E-state index in [1.165, 1.54) is 5.56 Å². The summed E-state index contributed by atoms with van der Waals surface area (Å²) in [6.45, 7) is 2.05. The van der Waals surface area contributed by atoms with E-state index in [0.29, 0.717) is 10.6 Å². The van der Waals surface area contributed by atoms with Gasteiger partial charge in [0.2, 0.25) is 10.6 Å². The lowest BCUT2D eigenvalue weighted by Gasteiger charge is -1.98. The SMILES string of the molecule is Cc1ccc(/C=N/n2c(-c3cc(-c4ccccc4)n[nH]3)n[nH]c2=S)cc1. The summed E-state index contributed by atoms with van der Waals surface area (Å²) in [5.74, 6) is 0.577. The van der Waals surface area contributed by atoms with E-state index in [0.717, 1.165) is 22.5 Å². The Kier molecular flexibility index (Phi) is 4.28. The lowest BCUT2D eigenvalue weighted by atomic mass is 10.1. The predicted molar refractivity (Wildman–Crippen MR) is 105 cm³/mol. The molecule has 0 atom stereocenters. The van der Waals surface area contributed by atoms with Gasteiger partial charge in [0.1, 0.15) is 5.69 Å². The number of hydrogen-bond donors (Lipinski definition) is 2. The minimum atomic E-state index is 0.416. The van der Waals surface area contributed by atoms with Crippen molar-refractivity contribution in [2.75, 3.05) is 0 Å². The second kappa shape index (κ2) is 6.89. The first-order chi connectivity index (χ1) is 12.7. The Morgan fingerprint density at radius 3 is 2.54 bits per heavy atom. The number of nitrogens with one attached hydrogen (secondary N) is 2. The van der Waals surface area contributed by atoms with Gasteiger partial charge in [-0.3, -0.25) is 5.10 Å². The molecular formula is C19H16N6S. The zero-order chi connectivity index (χ0) is 17.9. The fourth-order valence-electron chi connectivity index (χ4n) is 2.54. The number of hydrogen-bond acceptors (Lipinski definition) is 4. The summed E-state index contributed by atoms with van der Waals surface area (Å²) >= 11 is 5.31. The van der Waals surface area contributed by atoms with Crippen LogP contribution < -0.4 is 0 Å². The summed E-state index contributed by atoms with van der Waals surface area (Å²) in [7, 11) is 0. The lowest BCUT2D eigenvalue weighted by molar-refractivity contribution is 0.865. The van der Waals surface area contributed by atoms with Crippen LogP contribution >= 0.6 is 12.2 Å². The smallest absolute Gasteiger partial charge is 0.216 e. The third kappa shape index (κ3) is 3.25. The Morgan fingerprint density at radius 2 is 1.77 bits per heavy atom. The molecule has 0 unspecified atom stereocenters. The molecule has 0 aliphatic carbocycles. The van der Waals surface area contributed by atoms with Crippen molar-refractivity contribution < 1.29 is 0 Å². The van der Waals surface area contributed by atoms with E-state index < -0.39 is 0 Å². The molecule has 0 aliphatic heterocycles. The van der Waals surface area contributed by atoms with Crippen LogP contribution in [0.5, 0.6) is 0 Å². The third-order valence-electron chi connectivity index (χ3n) is 3.94. The van der Waals surface area contributed by atoms with Crippen LogP contribution in [0.3, 0.4) is 0 Å². The van der Waals surface area contributed by atoms with Crippen LogP contribution in [0.25, 0.3) is 22.8 Å². The van der Waals surface area contributed by atoms with E-state index in [-0.39, 0.29) is 0 Å². The zero-order valence-electron chi connectivity index (χ0n) is 14.0. The minimum absolute atomic E-state index is 0.416. The van der Waals surface area contributed by atoms with Gasteiger partial charge in [0.25, 0.3) is 0 Å². The summed E-state index contributed by atoms with van der Waals surface area (Å²) in [6, 6.07) is 20.0. The standard InChI is InChI=1S/C19H16N6S/c1-13-7-9-14(10-8-13)12-20-25-18(23-24-19(25)26)17-11-16(21-22-17)15-5-3-2-4-6-15/h2-12H,1H3,(H,21,22)(H,24,26)/b20-12+. The van der Waals surface area contributed by atoms with Crippen LogP contribution in [-0.4, -0.2) is 31.3 Å². The van der Waals surface area contributed by atoms with Crippen molar-refractivity contribution in [3.8, 4) is 22.8 Å². The van der Waals surface area contributed by atoms with Crippen LogP contribution in [0.2, 0.25) is 0 Å². The number of rotatable bonds is 4. The Balaban J connectivity index is 1.68. The summed E-state index contributed by atoms with van der Waals surface area (Å²) < 4.78 is 2.00. The first-order valence-electron chi connectivity index (χ1n) is 8.10. The number of H-pyrrole nitrogens is 2. The van der Waals surface area contributed by atoms with E-state index in [1.54, 1.807) is 10.9 Å². The van der Waals surface area contributed by atoms with Gasteiger partial charge in [0, 0.05) is 5.56 Å². The van der Waals surface area contributed by atoms with Gasteiger partial charge in [-0.05, 0) is 30.8 Å². The Morgan fingerprint density at radius 1 is 1.00 bits per heavy atom. The summed E-state index contributed by atoms with van der Waals surface area (Å²) in [4.78, 5) is 0. The van der Waals surface area contributed by atoms with Crippen molar-refractivity contribution in [3.63, 3.8) is 0 Å². The second-order valence-corrected chi connectivity index (χ2v) is 6.24. The summed E-state index contributed by atoms with van der Waals surface area (Å²) in [5.41, 5.74) is 4.78. The number of benzene rings is 2. The van der Waals surface area contributed by atoms with Crippen molar-refractivity contribution in [3.05, 3.63) is 76.6 Å². The van der Waals surface area contributed by atoms with Gasteiger partial charge in [0.15, 0.2) is 0 Å². The molecule has 128 valence electrons. The Hall–Kier alpha value is -3.32. The molecule has 2 aromatic heterocycles. The third-order valence-corrected chi connectivity index (χ3v) is 4.20. The van der Waals surface area contributed by atoms with Crippen LogP contribution in [0.1, 0.15) is 11.1 Å². The molecule has 0 bridgehead atoms. The van der Waals surface area contributed by atoms with E-state index >= 15 is 0 Å². The molecular weight excluding hydrogens is 344 g/mol. The van der Waals surface area contributed by atoms with E-state index in [4.69, 9.17) is 12.2 Å². The maximum Gasteiger partial charge on any atom is 0.216 e. The molecule has 0 saturated carbocycles. The number of nitrogens with zero attached hydrogens (tertiary/aromatic N) is 4. The molecule has 0 spiro atoms. The van der Waals surface area contributed by atoms with Crippen LogP contribution in [0.4, 0.5) is 0 Å². The fraction of sp³-hybridized carbons (Fsp3) is 0.0526. The van der Waals surface area contributed by atoms with E-state index in [9.17, 15) is 0 Å². The van der Waals surface area contributed by atoms with Gasteiger partial charge in [-0.2, -0.15) is 20.0 Å². The van der Waals surface area contributed by atoms with Gasteiger partial charge in [0.05, 0.1) is 11.9 Å². The second-order valence-electron chi connectivity index (χ2n) is 5.85. The van der Waals surface area contributed by atoms with Crippen molar-refractivity contribution in [1.29, 1.82) is 0 Å². The zero-order valence-corrected chi connectivity index (χ0v) is 14.9. The maximum atomic E-state index is 5.31. The van der Waals surface area contributed by atoms with Gasteiger partial charge in [-0.25, -0.2) is 5.10 Å². The molecule has 2 heterocycles. The van der Waals surface area contributed by atoms with Gasteiger partial charge in [-0.15, -0.1) is 0 Å². The molecule has 2 aromatic carbocycles. The van der Waals surface area contributed by atoms with Gasteiger partial charge < -0.3 is 0 Å². The molecule has 0 saturated heterocycles. The fourth-order valence-corrected chi connectivity index (χ4v) is 2.72. The number of aromatic nitrogens is 5. The molecule has 2 N–H and O–H groups in total. The van der Waals surface area contributed by atoms with Crippen LogP contribution in [-0.2, 0) is 0 Å². The number of aromatic amines is 2. The molecule has 0 aliphatic rings. The topological polar surface area (TPSA) is 74.7 Å². The first-order valence-corrected chi connectivity index (χ1v) is 8.51. The van der Waals surface area contributed by atoms with Crippen LogP contribution in [0.15, 0.2) is 65.8 Å². The van der Waals surface area contributed by atoms with Crippen molar-refractivity contribution >= 4 is 18.4 Å². The Labute approximate surface area is 155 Å². The molecule has 0 amide bonds. The first kappa shape index (κ1) is 16.2. The van der Waals surface area contributed by atoms with E-state index in [2.05, 4.69) is 25.5 Å². The number of aryl methyl sites for hydroxylation is 1. The van der Waals surface area contributed by atoms with Crippen molar-refractivity contribution in [1.82, 2.24) is 25.1 Å². The van der Waals surface area contributed by atoms with Crippen molar-refractivity contribution in [2.24, 2.45) is 5.10 Å². The van der Waals surface area contributed by atoms with Crippen LogP contribution in [0, 0.1) is 11.7 Å². The average molecular weight is 360 g/mol. The Bertz CT molecular complexity index is 1100. The molecule has 0 radical (unpaired) electrons. The highest BCUT2D eigenvalue weighted by molar-refractivity contribution is 7.71. The van der Waals surface area contributed by atoms with Gasteiger partial charge >= 0.3 is 0 Å². The van der Waals surface area contributed by atoms with E-state index in [1.807, 2.05) is 67.6 Å². The van der Waals surface area contributed by atoms with Crippen molar-refractivity contribution in [2.45, 2.75) is 6.92 Å². The summed E-state index contributed by atoms with van der Waals surface area (Å²) in [6.07, 6.45) is 1.75. The predicted octanol–water partition coefficient (Wildman–Crippen LogP) is 4.19. The quantitative estimate of drug-likeness (QED) is 0.423. The minimum Gasteiger partial charge on any atom is -0.274 e. The largest absolute Gasteiger partial charge is 0.274 e. The highest BCUT2D eigenvalue weighted by atomic mass is 32.1. The molecule has 6 nitrogen and oxygen atoms in total. The molecule has 26 heavy (non-hydrogen) atoms. The maximum absolute atomic E-state index is 5.31. The summed E-state index contributed by atoms with van der Waals surface area (Å²) in [5, 5.41) is 18.9. The molecule has 7 heteroatoms. The monoisotopic (exact) mass is 360 g/mol. The molecule has 4 rings (SSSR count). The molecule has 4 aromatic rings. The normalized spacial score (nSPS) is 11.3. The van der Waals surface area contributed by atoms with Gasteiger partial charge in [-0.1, -0.05) is 60.2 Å². The average Bonchev–Trinajstić information content (AvgIpc) is 3.29.